The van der Waals surface area contributed by atoms with E-state index in [9.17, 15) is 0 Å². The van der Waals surface area contributed by atoms with E-state index in [-0.39, 0.29) is 6.04 Å². The van der Waals surface area contributed by atoms with Crippen molar-refractivity contribution in [2.45, 2.75) is 6.04 Å². The zero-order valence-corrected chi connectivity index (χ0v) is 15.4. The van der Waals surface area contributed by atoms with Crippen LogP contribution in [0, 0.1) is 3.57 Å². The van der Waals surface area contributed by atoms with E-state index in [4.69, 9.17) is 0 Å². The van der Waals surface area contributed by atoms with Crippen LogP contribution in [-0.2, 0) is 0 Å². The van der Waals surface area contributed by atoms with Gasteiger partial charge in [0, 0.05) is 12.7 Å². The van der Waals surface area contributed by atoms with Gasteiger partial charge in [-0.1, -0.05) is 34.1 Å². The summed E-state index contributed by atoms with van der Waals surface area (Å²) in [6.45, 7) is 0. The van der Waals surface area contributed by atoms with Gasteiger partial charge >= 0.3 is 0 Å². The van der Waals surface area contributed by atoms with Gasteiger partial charge in [-0.05, 0) is 75.8 Å². The molecule has 0 aliphatic carbocycles. The summed E-state index contributed by atoms with van der Waals surface area (Å²) in [5, 5.41) is 7.05. The molecule has 1 aromatic heterocycles. The molecule has 20 heavy (non-hydrogen) atoms. The average molecular weight is 458 g/mol. The highest BCUT2D eigenvalue weighted by atomic mass is 127. The van der Waals surface area contributed by atoms with Crippen LogP contribution < -0.4 is 5.32 Å². The second-order valence-electron chi connectivity index (χ2n) is 4.57. The Kier molecular flexibility index (Phi) is 4.45. The number of hydrogen-bond donors (Lipinski definition) is 1. The van der Waals surface area contributed by atoms with E-state index in [0.717, 1.165) is 4.47 Å². The van der Waals surface area contributed by atoms with Crippen molar-refractivity contribution in [2.24, 2.45) is 0 Å². The van der Waals surface area contributed by atoms with E-state index >= 15 is 0 Å². The van der Waals surface area contributed by atoms with Gasteiger partial charge in [0.15, 0.2) is 0 Å². The second kappa shape index (κ2) is 6.13. The van der Waals surface area contributed by atoms with Crippen LogP contribution in [0.15, 0.2) is 52.3 Å². The maximum Gasteiger partial charge on any atom is 0.0600 e. The number of thiophene rings is 1. The predicted octanol–water partition coefficient (Wildman–Crippen LogP) is 5.58. The number of rotatable bonds is 3. The van der Waals surface area contributed by atoms with Gasteiger partial charge in [-0.25, -0.2) is 0 Å². The summed E-state index contributed by atoms with van der Waals surface area (Å²) >= 11 is 7.85. The van der Waals surface area contributed by atoms with E-state index in [1.165, 1.54) is 24.8 Å². The number of benzene rings is 2. The highest BCUT2D eigenvalue weighted by molar-refractivity contribution is 14.1. The third kappa shape index (κ3) is 2.66. The first-order chi connectivity index (χ1) is 9.70. The van der Waals surface area contributed by atoms with Crippen molar-refractivity contribution >= 4 is 59.9 Å². The van der Waals surface area contributed by atoms with Gasteiger partial charge in [-0.15, -0.1) is 11.3 Å². The third-order valence-electron chi connectivity index (χ3n) is 3.38. The monoisotopic (exact) mass is 457 g/mol. The summed E-state index contributed by atoms with van der Waals surface area (Å²) in [6.07, 6.45) is 0. The summed E-state index contributed by atoms with van der Waals surface area (Å²) in [6, 6.07) is 15.3. The summed E-state index contributed by atoms with van der Waals surface area (Å²) in [4.78, 5) is 0. The van der Waals surface area contributed by atoms with Crippen molar-refractivity contribution in [3.05, 3.63) is 67.0 Å². The van der Waals surface area contributed by atoms with Gasteiger partial charge < -0.3 is 5.32 Å². The molecule has 1 N–H and O–H groups in total. The molecule has 0 saturated heterocycles. The fourth-order valence-corrected chi connectivity index (χ4v) is 4.41. The largest absolute Gasteiger partial charge is 0.309 e. The van der Waals surface area contributed by atoms with Crippen molar-refractivity contribution in [1.29, 1.82) is 0 Å². The molecule has 0 saturated carbocycles. The predicted molar refractivity (Wildman–Crippen MR) is 99.6 cm³/mol. The molecule has 102 valence electrons. The summed E-state index contributed by atoms with van der Waals surface area (Å²) in [7, 11) is 2.02. The lowest BCUT2D eigenvalue weighted by molar-refractivity contribution is 0.695. The van der Waals surface area contributed by atoms with Crippen LogP contribution >= 0.6 is 49.9 Å². The zero-order valence-electron chi connectivity index (χ0n) is 10.9. The van der Waals surface area contributed by atoms with Gasteiger partial charge in [0.05, 0.1) is 6.04 Å². The van der Waals surface area contributed by atoms with Crippen LogP contribution in [0.5, 0.6) is 0 Å². The quantitative estimate of drug-likeness (QED) is 0.506. The lowest BCUT2D eigenvalue weighted by Crippen LogP contribution is -2.18. The molecule has 0 aliphatic heterocycles. The first-order valence-corrected chi connectivity index (χ1v) is 9.04. The Morgan fingerprint density at radius 2 is 1.95 bits per heavy atom. The Hall–Kier alpha value is -0.430. The standard InChI is InChI=1S/C16H13BrINS/c1-19-16(12-8-10(18)6-7-14(12)17)13-9-20-15-5-3-2-4-11(13)15/h2-9,16,19H,1H3. The molecule has 0 spiro atoms. The lowest BCUT2D eigenvalue weighted by Gasteiger charge is -2.18. The normalized spacial score (nSPS) is 12.8. The molecule has 0 radical (unpaired) electrons. The second-order valence-corrected chi connectivity index (χ2v) is 7.59. The van der Waals surface area contributed by atoms with Gasteiger partial charge in [-0.3, -0.25) is 0 Å². The van der Waals surface area contributed by atoms with Gasteiger partial charge in [0.1, 0.15) is 0 Å². The number of halogens is 2. The molecule has 1 nitrogen and oxygen atoms in total. The lowest BCUT2D eigenvalue weighted by atomic mass is 9.98. The first kappa shape index (κ1) is 14.5. The third-order valence-corrected chi connectivity index (χ3v) is 5.75. The smallest absolute Gasteiger partial charge is 0.0600 e. The van der Waals surface area contributed by atoms with E-state index in [0.29, 0.717) is 0 Å². The molecule has 1 heterocycles. The minimum atomic E-state index is 0.204. The molecule has 3 rings (SSSR count). The molecule has 0 aliphatic rings. The molecular weight excluding hydrogens is 445 g/mol. The molecule has 0 amide bonds. The number of hydrogen-bond acceptors (Lipinski definition) is 2. The molecule has 0 bridgehead atoms. The molecule has 3 aromatic rings. The Bertz CT molecular complexity index is 753. The minimum Gasteiger partial charge on any atom is -0.309 e. The van der Waals surface area contributed by atoms with Crippen molar-refractivity contribution in [2.75, 3.05) is 7.05 Å². The van der Waals surface area contributed by atoms with Crippen molar-refractivity contribution in [3.63, 3.8) is 0 Å². The van der Waals surface area contributed by atoms with Crippen molar-refractivity contribution in [1.82, 2.24) is 5.32 Å². The Morgan fingerprint density at radius 3 is 2.75 bits per heavy atom. The summed E-state index contributed by atoms with van der Waals surface area (Å²) in [5.41, 5.74) is 2.62. The molecule has 1 atom stereocenters. The maximum absolute atomic E-state index is 3.68. The van der Waals surface area contributed by atoms with Crippen molar-refractivity contribution in [3.8, 4) is 0 Å². The molecular formula is C16H13BrINS. The Balaban J connectivity index is 2.16. The summed E-state index contributed by atoms with van der Waals surface area (Å²) in [5.74, 6) is 0. The van der Waals surface area contributed by atoms with Gasteiger partial charge in [0.25, 0.3) is 0 Å². The highest BCUT2D eigenvalue weighted by Gasteiger charge is 2.18. The van der Waals surface area contributed by atoms with Crippen LogP contribution in [0.1, 0.15) is 17.2 Å². The van der Waals surface area contributed by atoms with Gasteiger partial charge in [0.2, 0.25) is 0 Å². The van der Waals surface area contributed by atoms with Crippen LogP contribution in [0.4, 0.5) is 0 Å². The van der Waals surface area contributed by atoms with Crippen molar-refractivity contribution < 1.29 is 0 Å². The molecule has 2 aromatic carbocycles. The van der Waals surface area contributed by atoms with Crippen LogP contribution in [-0.4, -0.2) is 7.05 Å². The van der Waals surface area contributed by atoms with Crippen LogP contribution in [0.3, 0.4) is 0 Å². The highest BCUT2D eigenvalue weighted by Crippen LogP contribution is 2.36. The fourth-order valence-electron chi connectivity index (χ4n) is 2.44. The zero-order chi connectivity index (χ0) is 14.1. The SMILES string of the molecule is CNC(c1cc(I)ccc1Br)c1csc2ccccc12. The van der Waals surface area contributed by atoms with Crippen LogP contribution in [0.25, 0.3) is 10.1 Å². The topological polar surface area (TPSA) is 12.0 Å². The Labute approximate surface area is 144 Å². The minimum absolute atomic E-state index is 0.204. The van der Waals surface area contributed by atoms with Gasteiger partial charge in [-0.2, -0.15) is 0 Å². The number of nitrogens with one attached hydrogen (secondary N) is 1. The number of fused-ring (bicyclic) bond motifs is 1. The maximum atomic E-state index is 3.68. The first-order valence-electron chi connectivity index (χ1n) is 6.29. The molecule has 0 fully saturated rings. The Morgan fingerprint density at radius 1 is 1.15 bits per heavy atom. The molecule has 1 unspecified atom stereocenters. The van der Waals surface area contributed by atoms with Crippen LogP contribution in [0.2, 0.25) is 0 Å². The van der Waals surface area contributed by atoms with E-state index in [1.54, 1.807) is 11.3 Å². The van der Waals surface area contributed by atoms with E-state index in [2.05, 4.69) is 91.7 Å². The summed E-state index contributed by atoms with van der Waals surface area (Å²) < 4.78 is 3.73. The molecule has 4 heteroatoms. The fraction of sp³-hybridized carbons (Fsp3) is 0.125. The van der Waals surface area contributed by atoms with E-state index < -0.39 is 0 Å². The average Bonchev–Trinajstić information content (AvgIpc) is 2.88. The van der Waals surface area contributed by atoms with E-state index in [1.807, 2.05) is 7.05 Å².